The molecule has 2 aromatic carbocycles. The van der Waals surface area contributed by atoms with Crippen molar-refractivity contribution in [3.8, 4) is 22.8 Å². The van der Waals surface area contributed by atoms with Crippen LogP contribution in [0.2, 0.25) is 0 Å². The van der Waals surface area contributed by atoms with Gasteiger partial charge >= 0.3 is 0 Å². The molecule has 0 spiro atoms. The van der Waals surface area contributed by atoms with Gasteiger partial charge < -0.3 is 14.3 Å². The number of aryl methyl sites for hydroxylation is 1. The van der Waals surface area contributed by atoms with Crippen LogP contribution in [0.4, 0.5) is 5.69 Å². The van der Waals surface area contributed by atoms with E-state index in [1.54, 1.807) is 0 Å². The van der Waals surface area contributed by atoms with E-state index in [1.165, 1.54) is 5.69 Å². The topological polar surface area (TPSA) is 75.4 Å². The number of benzene rings is 2. The molecule has 4 aromatic rings. The molecule has 0 N–H and O–H groups in total. The molecule has 1 saturated heterocycles. The number of nitrogens with zero attached hydrogens (tertiary/aromatic N) is 5. The summed E-state index contributed by atoms with van der Waals surface area (Å²) in [5, 5.41) is 4.10. The summed E-state index contributed by atoms with van der Waals surface area (Å²) >= 11 is 0. The van der Waals surface area contributed by atoms with Gasteiger partial charge in [-0.1, -0.05) is 47.6 Å². The minimum Gasteiger partial charge on any atom is -0.368 e. The largest absolute Gasteiger partial charge is 0.368 e. The molecule has 1 aliphatic rings. The quantitative estimate of drug-likeness (QED) is 0.491. The van der Waals surface area contributed by atoms with Gasteiger partial charge in [-0.25, -0.2) is 0 Å². The van der Waals surface area contributed by atoms with E-state index in [1.807, 2.05) is 78.0 Å². The van der Waals surface area contributed by atoms with Gasteiger partial charge in [0.1, 0.15) is 0 Å². The minimum absolute atomic E-state index is 0.0221. The monoisotopic (exact) mass is 425 g/mol. The van der Waals surface area contributed by atoms with E-state index in [9.17, 15) is 4.79 Å². The maximum absolute atomic E-state index is 13.4. The Hall–Kier alpha value is -4.00. The summed E-state index contributed by atoms with van der Waals surface area (Å²) < 4.78 is 5.53. The van der Waals surface area contributed by atoms with Crippen molar-refractivity contribution in [3.05, 3.63) is 84.2 Å². The van der Waals surface area contributed by atoms with Crippen LogP contribution in [0, 0.1) is 6.92 Å². The molecular formula is C25H23N5O2. The van der Waals surface area contributed by atoms with Crippen LogP contribution < -0.4 is 4.90 Å². The highest BCUT2D eigenvalue weighted by Crippen LogP contribution is 2.27. The number of hydrogen-bond donors (Lipinski definition) is 0. The van der Waals surface area contributed by atoms with Crippen molar-refractivity contribution in [1.82, 2.24) is 20.0 Å². The normalized spacial score (nSPS) is 13.9. The first-order chi connectivity index (χ1) is 15.7. The van der Waals surface area contributed by atoms with Crippen molar-refractivity contribution in [3.63, 3.8) is 0 Å². The number of carbonyl (C=O) groups excluding carboxylic acids is 1. The molecule has 1 aliphatic heterocycles. The Kier molecular flexibility index (Phi) is 5.37. The lowest BCUT2D eigenvalue weighted by atomic mass is 10.1. The molecule has 0 saturated carbocycles. The SMILES string of the molecule is Cc1cnccc1N1CCN(C(=O)c2ccccc2-c2nc(-c3ccccc3)no2)CC1. The molecule has 1 fully saturated rings. The van der Waals surface area contributed by atoms with Crippen LogP contribution >= 0.6 is 0 Å². The molecule has 0 atom stereocenters. The Balaban J connectivity index is 1.35. The Bertz CT molecular complexity index is 1230. The second-order valence-corrected chi connectivity index (χ2v) is 7.78. The number of pyridine rings is 1. The van der Waals surface area contributed by atoms with Gasteiger partial charge in [-0.15, -0.1) is 0 Å². The molecule has 5 rings (SSSR count). The van der Waals surface area contributed by atoms with Gasteiger partial charge in [0.2, 0.25) is 5.82 Å². The smallest absolute Gasteiger partial charge is 0.259 e. The third-order valence-electron chi connectivity index (χ3n) is 5.74. The second kappa shape index (κ2) is 8.63. The Labute approximate surface area is 186 Å². The Morgan fingerprint density at radius 2 is 1.69 bits per heavy atom. The molecular weight excluding hydrogens is 402 g/mol. The summed E-state index contributed by atoms with van der Waals surface area (Å²) in [5.41, 5.74) is 4.41. The first-order valence-electron chi connectivity index (χ1n) is 10.6. The highest BCUT2D eigenvalue weighted by atomic mass is 16.5. The van der Waals surface area contributed by atoms with E-state index in [-0.39, 0.29) is 5.91 Å². The fourth-order valence-corrected chi connectivity index (χ4v) is 4.04. The number of rotatable bonds is 4. The van der Waals surface area contributed by atoms with Gasteiger partial charge in [0, 0.05) is 49.8 Å². The first-order valence-corrected chi connectivity index (χ1v) is 10.6. The maximum Gasteiger partial charge on any atom is 0.259 e. The van der Waals surface area contributed by atoms with Crippen molar-refractivity contribution in [2.24, 2.45) is 0 Å². The predicted molar refractivity (Wildman–Crippen MR) is 122 cm³/mol. The summed E-state index contributed by atoms with van der Waals surface area (Å²) in [6.45, 7) is 4.90. The van der Waals surface area contributed by atoms with Crippen LogP contribution in [0.25, 0.3) is 22.8 Å². The van der Waals surface area contributed by atoms with E-state index in [0.29, 0.717) is 35.9 Å². The van der Waals surface area contributed by atoms with E-state index < -0.39 is 0 Å². The predicted octanol–water partition coefficient (Wildman–Crippen LogP) is 4.07. The van der Waals surface area contributed by atoms with Crippen molar-refractivity contribution < 1.29 is 9.32 Å². The zero-order valence-corrected chi connectivity index (χ0v) is 17.8. The van der Waals surface area contributed by atoms with Crippen molar-refractivity contribution in [2.45, 2.75) is 6.92 Å². The maximum atomic E-state index is 13.4. The molecule has 7 nitrogen and oxygen atoms in total. The summed E-state index contributed by atoms with van der Waals surface area (Å²) in [5.74, 6) is 0.828. The molecule has 3 heterocycles. The van der Waals surface area contributed by atoms with E-state index in [4.69, 9.17) is 4.52 Å². The van der Waals surface area contributed by atoms with E-state index in [2.05, 4.69) is 26.9 Å². The summed E-state index contributed by atoms with van der Waals surface area (Å²) in [6, 6.07) is 19.1. The van der Waals surface area contributed by atoms with Gasteiger partial charge in [0.15, 0.2) is 0 Å². The van der Waals surface area contributed by atoms with Gasteiger partial charge in [-0.2, -0.15) is 4.98 Å². The zero-order valence-electron chi connectivity index (χ0n) is 17.8. The lowest BCUT2D eigenvalue weighted by Crippen LogP contribution is -2.49. The second-order valence-electron chi connectivity index (χ2n) is 7.78. The van der Waals surface area contributed by atoms with Gasteiger partial charge in [0.05, 0.1) is 11.1 Å². The number of aromatic nitrogens is 3. The molecule has 7 heteroatoms. The molecule has 0 aliphatic carbocycles. The molecule has 32 heavy (non-hydrogen) atoms. The molecule has 0 unspecified atom stereocenters. The number of hydrogen-bond acceptors (Lipinski definition) is 6. The van der Waals surface area contributed by atoms with E-state index in [0.717, 1.165) is 24.2 Å². The summed E-state index contributed by atoms with van der Waals surface area (Å²) in [4.78, 5) is 26.3. The van der Waals surface area contributed by atoms with Crippen LogP contribution in [0.5, 0.6) is 0 Å². The fraction of sp³-hybridized carbons (Fsp3) is 0.200. The molecule has 2 aromatic heterocycles. The highest BCUT2D eigenvalue weighted by molar-refractivity contribution is 6.00. The van der Waals surface area contributed by atoms with Crippen LogP contribution in [0.15, 0.2) is 77.6 Å². The average Bonchev–Trinajstić information content (AvgIpc) is 3.35. The molecule has 0 bridgehead atoms. The number of piperazine rings is 1. The highest BCUT2D eigenvalue weighted by Gasteiger charge is 2.26. The summed E-state index contributed by atoms with van der Waals surface area (Å²) in [7, 11) is 0. The third kappa shape index (κ3) is 3.85. The van der Waals surface area contributed by atoms with Crippen LogP contribution in [0.1, 0.15) is 15.9 Å². The average molecular weight is 425 g/mol. The molecule has 1 amide bonds. The Morgan fingerprint density at radius 1 is 0.938 bits per heavy atom. The van der Waals surface area contributed by atoms with Crippen LogP contribution in [0.3, 0.4) is 0 Å². The summed E-state index contributed by atoms with van der Waals surface area (Å²) in [6.07, 6.45) is 3.68. The van der Waals surface area contributed by atoms with Gasteiger partial charge in [-0.3, -0.25) is 9.78 Å². The zero-order chi connectivity index (χ0) is 21.9. The lowest BCUT2D eigenvalue weighted by molar-refractivity contribution is 0.0747. The van der Waals surface area contributed by atoms with Crippen molar-refractivity contribution in [2.75, 3.05) is 31.1 Å². The first kappa shape index (κ1) is 19.9. The standard InChI is InChI=1S/C25H23N5O2/c1-18-17-26-12-11-22(18)29-13-15-30(16-14-29)25(31)21-10-6-5-9-20(21)24-27-23(28-32-24)19-7-3-2-4-8-19/h2-12,17H,13-16H2,1H3. The third-order valence-corrected chi connectivity index (χ3v) is 5.74. The van der Waals surface area contributed by atoms with Crippen LogP contribution in [-0.2, 0) is 0 Å². The van der Waals surface area contributed by atoms with E-state index >= 15 is 0 Å². The number of carbonyl (C=O) groups is 1. The lowest BCUT2D eigenvalue weighted by Gasteiger charge is -2.36. The minimum atomic E-state index is -0.0221. The van der Waals surface area contributed by atoms with Gasteiger partial charge in [0.25, 0.3) is 11.8 Å². The molecule has 0 radical (unpaired) electrons. The number of amides is 1. The Morgan fingerprint density at radius 3 is 2.47 bits per heavy atom. The molecule has 160 valence electrons. The van der Waals surface area contributed by atoms with Crippen LogP contribution in [-0.4, -0.2) is 52.1 Å². The fourth-order valence-electron chi connectivity index (χ4n) is 4.04. The van der Waals surface area contributed by atoms with Crippen molar-refractivity contribution >= 4 is 11.6 Å². The van der Waals surface area contributed by atoms with Crippen molar-refractivity contribution in [1.29, 1.82) is 0 Å². The number of anilines is 1. The van der Waals surface area contributed by atoms with Gasteiger partial charge in [-0.05, 0) is 30.7 Å².